The SMILES string of the molecule is Cc1nccn1Cc1ccc(F)c(C#N)c1. The summed E-state index contributed by atoms with van der Waals surface area (Å²) in [6, 6.07) is 6.39. The third kappa shape index (κ3) is 1.94. The van der Waals surface area contributed by atoms with E-state index >= 15 is 0 Å². The minimum atomic E-state index is -0.478. The summed E-state index contributed by atoms with van der Waals surface area (Å²) >= 11 is 0. The van der Waals surface area contributed by atoms with Gasteiger partial charge >= 0.3 is 0 Å². The number of imidazole rings is 1. The van der Waals surface area contributed by atoms with Crippen molar-refractivity contribution >= 4 is 0 Å². The van der Waals surface area contributed by atoms with E-state index in [2.05, 4.69) is 4.98 Å². The van der Waals surface area contributed by atoms with E-state index in [1.807, 2.05) is 23.8 Å². The molecule has 0 aliphatic carbocycles. The van der Waals surface area contributed by atoms with Gasteiger partial charge < -0.3 is 4.57 Å². The first kappa shape index (κ1) is 10.4. The zero-order chi connectivity index (χ0) is 11.5. The normalized spacial score (nSPS) is 10.1. The molecule has 1 heterocycles. The lowest BCUT2D eigenvalue weighted by Gasteiger charge is -2.05. The number of aryl methyl sites for hydroxylation is 1. The minimum Gasteiger partial charge on any atom is -0.331 e. The van der Waals surface area contributed by atoms with Crippen LogP contribution in [0.15, 0.2) is 30.6 Å². The molecule has 0 saturated heterocycles. The van der Waals surface area contributed by atoms with E-state index in [1.165, 1.54) is 6.07 Å². The molecule has 0 aliphatic heterocycles. The molecule has 0 fully saturated rings. The van der Waals surface area contributed by atoms with E-state index in [1.54, 1.807) is 18.3 Å². The molecular weight excluding hydrogens is 205 g/mol. The maximum Gasteiger partial charge on any atom is 0.140 e. The number of halogens is 1. The lowest BCUT2D eigenvalue weighted by Crippen LogP contribution is -2.01. The summed E-state index contributed by atoms with van der Waals surface area (Å²) in [6.45, 7) is 2.50. The van der Waals surface area contributed by atoms with E-state index in [4.69, 9.17) is 5.26 Å². The van der Waals surface area contributed by atoms with Crippen LogP contribution in [0.2, 0.25) is 0 Å². The van der Waals surface area contributed by atoms with Crippen LogP contribution in [0.3, 0.4) is 0 Å². The van der Waals surface area contributed by atoms with Gasteiger partial charge in [0.15, 0.2) is 0 Å². The summed E-state index contributed by atoms with van der Waals surface area (Å²) in [7, 11) is 0. The highest BCUT2D eigenvalue weighted by Crippen LogP contribution is 2.11. The standard InChI is InChI=1S/C12H10FN3/c1-9-15-4-5-16(9)8-10-2-3-12(13)11(6-10)7-14/h2-6H,8H2,1H3. The largest absolute Gasteiger partial charge is 0.331 e. The molecule has 0 N–H and O–H groups in total. The van der Waals surface area contributed by atoms with Gasteiger partial charge in [-0.1, -0.05) is 6.07 Å². The fourth-order valence-corrected chi connectivity index (χ4v) is 1.52. The Hall–Kier alpha value is -2.15. The Balaban J connectivity index is 2.30. The summed E-state index contributed by atoms with van der Waals surface area (Å²) in [5.41, 5.74) is 0.967. The van der Waals surface area contributed by atoms with Crippen molar-refractivity contribution in [3.05, 3.63) is 53.4 Å². The molecule has 2 rings (SSSR count). The number of aromatic nitrogens is 2. The first-order valence-electron chi connectivity index (χ1n) is 4.87. The van der Waals surface area contributed by atoms with Crippen LogP contribution in [0.25, 0.3) is 0 Å². The molecule has 2 aromatic rings. The molecule has 0 unspecified atom stereocenters. The second kappa shape index (κ2) is 4.15. The van der Waals surface area contributed by atoms with Crippen molar-refractivity contribution in [1.82, 2.24) is 9.55 Å². The topological polar surface area (TPSA) is 41.6 Å². The second-order valence-corrected chi connectivity index (χ2v) is 3.53. The zero-order valence-electron chi connectivity index (χ0n) is 8.81. The maximum atomic E-state index is 13.1. The average Bonchev–Trinajstić information content (AvgIpc) is 2.67. The minimum absolute atomic E-state index is 0.0790. The Labute approximate surface area is 92.8 Å². The lowest BCUT2D eigenvalue weighted by molar-refractivity contribution is 0.622. The number of nitrogens with zero attached hydrogens (tertiary/aromatic N) is 3. The van der Waals surface area contributed by atoms with Gasteiger partial charge in [0.25, 0.3) is 0 Å². The molecule has 0 spiro atoms. The van der Waals surface area contributed by atoms with E-state index in [0.29, 0.717) is 6.54 Å². The van der Waals surface area contributed by atoms with Crippen LogP contribution in [0.5, 0.6) is 0 Å². The molecule has 0 aliphatic rings. The molecule has 0 bridgehead atoms. The highest BCUT2D eigenvalue weighted by molar-refractivity contribution is 5.34. The van der Waals surface area contributed by atoms with Crippen molar-refractivity contribution in [3.63, 3.8) is 0 Å². The molecule has 1 aromatic heterocycles. The first-order valence-corrected chi connectivity index (χ1v) is 4.87. The summed E-state index contributed by atoms with van der Waals surface area (Å²) in [5.74, 6) is 0.413. The average molecular weight is 215 g/mol. The van der Waals surface area contributed by atoms with Crippen molar-refractivity contribution in [2.24, 2.45) is 0 Å². The third-order valence-electron chi connectivity index (χ3n) is 2.43. The van der Waals surface area contributed by atoms with E-state index in [9.17, 15) is 4.39 Å². The van der Waals surface area contributed by atoms with Gasteiger partial charge in [0.05, 0.1) is 5.56 Å². The van der Waals surface area contributed by atoms with E-state index < -0.39 is 5.82 Å². The first-order chi connectivity index (χ1) is 7.70. The maximum absolute atomic E-state index is 13.1. The van der Waals surface area contributed by atoms with Crippen molar-refractivity contribution < 1.29 is 4.39 Å². The highest BCUT2D eigenvalue weighted by Gasteiger charge is 2.04. The zero-order valence-corrected chi connectivity index (χ0v) is 8.81. The monoisotopic (exact) mass is 215 g/mol. The van der Waals surface area contributed by atoms with Gasteiger partial charge in [-0.2, -0.15) is 5.26 Å². The Kier molecular flexibility index (Phi) is 2.69. The van der Waals surface area contributed by atoms with Crippen molar-refractivity contribution in [2.45, 2.75) is 13.5 Å². The van der Waals surface area contributed by atoms with Gasteiger partial charge in [0.1, 0.15) is 17.7 Å². The van der Waals surface area contributed by atoms with Crippen LogP contribution < -0.4 is 0 Å². The van der Waals surface area contributed by atoms with Crippen molar-refractivity contribution in [2.75, 3.05) is 0 Å². The van der Waals surface area contributed by atoms with E-state index in [0.717, 1.165) is 11.4 Å². The van der Waals surface area contributed by atoms with Gasteiger partial charge in [-0.3, -0.25) is 0 Å². The van der Waals surface area contributed by atoms with Gasteiger partial charge in [-0.15, -0.1) is 0 Å². The van der Waals surface area contributed by atoms with Crippen LogP contribution in [0, 0.1) is 24.1 Å². The third-order valence-corrected chi connectivity index (χ3v) is 2.43. The molecule has 1 aromatic carbocycles. The van der Waals surface area contributed by atoms with Gasteiger partial charge in [0, 0.05) is 18.9 Å². The Morgan fingerprint density at radius 3 is 2.94 bits per heavy atom. The fraction of sp³-hybridized carbons (Fsp3) is 0.167. The number of rotatable bonds is 2. The van der Waals surface area contributed by atoms with Gasteiger partial charge in [-0.25, -0.2) is 9.37 Å². The Morgan fingerprint density at radius 1 is 1.50 bits per heavy atom. The van der Waals surface area contributed by atoms with Crippen LogP contribution in [-0.4, -0.2) is 9.55 Å². The van der Waals surface area contributed by atoms with Crippen LogP contribution in [0.1, 0.15) is 17.0 Å². The van der Waals surface area contributed by atoms with Crippen LogP contribution >= 0.6 is 0 Å². The predicted molar refractivity (Wildman–Crippen MR) is 57.2 cm³/mol. The molecular formula is C12H10FN3. The van der Waals surface area contributed by atoms with Gasteiger partial charge in [0.2, 0.25) is 0 Å². The quantitative estimate of drug-likeness (QED) is 0.771. The van der Waals surface area contributed by atoms with Gasteiger partial charge in [-0.05, 0) is 24.6 Å². The lowest BCUT2D eigenvalue weighted by atomic mass is 10.1. The molecule has 3 nitrogen and oxygen atoms in total. The van der Waals surface area contributed by atoms with E-state index in [-0.39, 0.29) is 5.56 Å². The Morgan fingerprint density at radius 2 is 2.31 bits per heavy atom. The number of benzene rings is 1. The Bertz CT molecular complexity index is 552. The highest BCUT2D eigenvalue weighted by atomic mass is 19.1. The number of nitriles is 1. The fourth-order valence-electron chi connectivity index (χ4n) is 1.52. The second-order valence-electron chi connectivity index (χ2n) is 3.53. The molecule has 0 amide bonds. The molecule has 16 heavy (non-hydrogen) atoms. The molecule has 0 atom stereocenters. The molecule has 0 radical (unpaired) electrons. The van der Waals surface area contributed by atoms with Crippen molar-refractivity contribution in [1.29, 1.82) is 5.26 Å². The summed E-state index contributed by atoms with van der Waals surface area (Å²) in [4.78, 5) is 4.10. The molecule has 80 valence electrons. The number of hydrogen-bond acceptors (Lipinski definition) is 2. The predicted octanol–water partition coefficient (Wildman–Crippen LogP) is 2.25. The summed E-state index contributed by atoms with van der Waals surface area (Å²) < 4.78 is 15.0. The molecule has 0 saturated carbocycles. The summed E-state index contributed by atoms with van der Waals surface area (Å²) in [6.07, 6.45) is 3.56. The number of hydrogen-bond donors (Lipinski definition) is 0. The molecule has 4 heteroatoms. The summed E-state index contributed by atoms with van der Waals surface area (Å²) in [5, 5.41) is 8.71. The van der Waals surface area contributed by atoms with Crippen LogP contribution in [0.4, 0.5) is 4.39 Å². The smallest absolute Gasteiger partial charge is 0.140 e. The van der Waals surface area contributed by atoms with Crippen molar-refractivity contribution in [3.8, 4) is 6.07 Å². The van der Waals surface area contributed by atoms with Crippen LogP contribution in [-0.2, 0) is 6.54 Å².